The van der Waals surface area contributed by atoms with Crippen LogP contribution in [0, 0.1) is 0 Å². The van der Waals surface area contributed by atoms with E-state index in [0.717, 1.165) is 16.7 Å². The number of carbonyl (C=O) groups excluding carboxylic acids is 1. The topological polar surface area (TPSA) is 65.0 Å². The molecule has 0 bridgehead atoms. The molecule has 1 heterocycles. The van der Waals surface area contributed by atoms with Gasteiger partial charge in [-0.25, -0.2) is 0 Å². The minimum Gasteiger partial charge on any atom is -0.404 e. The highest BCUT2D eigenvalue weighted by molar-refractivity contribution is 6.99. The van der Waals surface area contributed by atoms with Crippen molar-refractivity contribution in [2.75, 3.05) is 13.2 Å². The summed E-state index contributed by atoms with van der Waals surface area (Å²) in [6.07, 6.45) is 0.715. The molecule has 174 valence electrons. The van der Waals surface area contributed by atoms with Crippen molar-refractivity contribution < 1.29 is 23.8 Å². The maximum Gasteiger partial charge on any atom is 0.261 e. The second-order valence-corrected chi connectivity index (χ2v) is 14.5. The van der Waals surface area contributed by atoms with Crippen LogP contribution >= 0.6 is 0 Å². The molecule has 0 unspecified atom stereocenters. The van der Waals surface area contributed by atoms with Crippen molar-refractivity contribution in [3.05, 3.63) is 60.7 Å². The summed E-state index contributed by atoms with van der Waals surface area (Å²) in [5, 5.41) is 13.5. The van der Waals surface area contributed by atoms with Crippen molar-refractivity contribution in [1.82, 2.24) is 0 Å². The minimum absolute atomic E-state index is 0.0223. The first-order valence-corrected chi connectivity index (χ1v) is 13.1. The largest absolute Gasteiger partial charge is 0.404 e. The zero-order valence-electron chi connectivity index (χ0n) is 19.8. The van der Waals surface area contributed by atoms with Gasteiger partial charge in [-0.15, -0.1) is 0 Å². The maximum atomic E-state index is 11.5. The first kappa shape index (κ1) is 24.8. The molecule has 1 saturated heterocycles. The van der Waals surface area contributed by atoms with E-state index in [0.29, 0.717) is 6.61 Å². The fraction of sp³-hybridized carbons (Fsp3) is 0.500. The van der Waals surface area contributed by atoms with Crippen LogP contribution in [0.2, 0.25) is 5.04 Å². The predicted molar refractivity (Wildman–Crippen MR) is 129 cm³/mol. The van der Waals surface area contributed by atoms with Gasteiger partial charge >= 0.3 is 0 Å². The average Bonchev–Trinajstić information content (AvgIpc) is 3.07. The van der Waals surface area contributed by atoms with Gasteiger partial charge in [-0.05, 0) is 29.3 Å². The zero-order valence-corrected chi connectivity index (χ0v) is 20.8. The van der Waals surface area contributed by atoms with Gasteiger partial charge in [-0.1, -0.05) is 81.4 Å². The molecular weight excluding hydrogens is 420 g/mol. The molecule has 1 fully saturated rings. The highest BCUT2D eigenvalue weighted by Gasteiger charge is 2.51. The highest BCUT2D eigenvalue weighted by atomic mass is 28.4. The van der Waals surface area contributed by atoms with Crippen molar-refractivity contribution >= 4 is 25.0 Å². The molecular formula is C26H36O5Si. The molecule has 6 heteroatoms. The summed E-state index contributed by atoms with van der Waals surface area (Å²) >= 11 is 0. The number of aliphatic hydroxyl groups is 1. The van der Waals surface area contributed by atoms with Crippen molar-refractivity contribution in [2.24, 2.45) is 0 Å². The maximum absolute atomic E-state index is 11.5. The van der Waals surface area contributed by atoms with E-state index in [9.17, 15) is 9.90 Å². The molecule has 5 nitrogen and oxygen atoms in total. The summed E-state index contributed by atoms with van der Waals surface area (Å²) in [4.78, 5) is 11.5. The predicted octanol–water partition coefficient (Wildman–Crippen LogP) is 3.42. The molecule has 32 heavy (non-hydrogen) atoms. The standard InChI is InChI=1S/C26H36O5Si/c1-24(2,3)32(22-12-8-6-9-13-22,23-14-10-7-11-15-23)30-20-26(28,16-17-27)18-21-19-29-25(4,5)31-21/h6-15,17,21,28H,16,18-20H2,1-5H3/t21-,26+/m1/s1. The number of hydrogen-bond acceptors (Lipinski definition) is 5. The van der Waals surface area contributed by atoms with Crippen molar-refractivity contribution in [2.45, 2.75) is 70.0 Å². The van der Waals surface area contributed by atoms with Crippen LogP contribution in [-0.4, -0.2) is 50.4 Å². The summed E-state index contributed by atoms with van der Waals surface area (Å²) in [6.45, 7) is 10.7. The Labute approximate surface area is 192 Å². The van der Waals surface area contributed by atoms with Gasteiger partial charge in [0.2, 0.25) is 0 Å². The van der Waals surface area contributed by atoms with Gasteiger partial charge < -0.3 is 23.8 Å². The molecule has 2 atom stereocenters. The number of rotatable bonds is 9. The van der Waals surface area contributed by atoms with Gasteiger partial charge in [0, 0.05) is 12.8 Å². The van der Waals surface area contributed by atoms with E-state index in [1.54, 1.807) is 0 Å². The van der Waals surface area contributed by atoms with Crippen LogP contribution < -0.4 is 10.4 Å². The first-order chi connectivity index (χ1) is 15.0. The van der Waals surface area contributed by atoms with Gasteiger partial charge in [0.05, 0.1) is 24.9 Å². The molecule has 2 aromatic rings. The number of carbonyl (C=O) groups is 1. The number of benzene rings is 2. The average molecular weight is 457 g/mol. The van der Waals surface area contributed by atoms with Gasteiger partial charge in [0.1, 0.15) is 6.29 Å². The third-order valence-corrected chi connectivity index (χ3v) is 11.1. The van der Waals surface area contributed by atoms with Gasteiger partial charge in [-0.2, -0.15) is 0 Å². The summed E-state index contributed by atoms with van der Waals surface area (Å²) in [7, 11) is -2.82. The fourth-order valence-corrected chi connectivity index (χ4v) is 9.29. The quantitative estimate of drug-likeness (QED) is 0.463. The lowest BCUT2D eigenvalue weighted by Crippen LogP contribution is -2.67. The Morgan fingerprint density at radius 1 is 1.06 bits per heavy atom. The Kier molecular flexibility index (Phi) is 7.42. The Morgan fingerprint density at radius 2 is 1.59 bits per heavy atom. The molecule has 0 saturated carbocycles. The number of aldehydes is 1. The molecule has 1 aliphatic rings. The normalized spacial score (nSPS) is 20.6. The molecule has 3 rings (SSSR count). The second kappa shape index (κ2) is 9.57. The molecule has 0 spiro atoms. The number of hydrogen-bond donors (Lipinski definition) is 1. The summed E-state index contributed by atoms with van der Waals surface area (Å²) < 4.78 is 18.5. The zero-order chi connectivity index (χ0) is 23.5. The van der Waals surface area contributed by atoms with E-state index in [4.69, 9.17) is 13.9 Å². The van der Waals surface area contributed by atoms with E-state index in [2.05, 4.69) is 45.0 Å². The minimum atomic E-state index is -2.82. The lowest BCUT2D eigenvalue weighted by atomic mass is 9.94. The molecule has 1 N–H and O–H groups in total. The molecule has 0 amide bonds. The van der Waals surface area contributed by atoms with Crippen LogP contribution in [0.1, 0.15) is 47.5 Å². The Morgan fingerprint density at radius 3 is 2.00 bits per heavy atom. The summed E-state index contributed by atoms with van der Waals surface area (Å²) in [5.41, 5.74) is -1.34. The van der Waals surface area contributed by atoms with E-state index >= 15 is 0 Å². The van der Waals surface area contributed by atoms with Gasteiger partial charge in [-0.3, -0.25) is 0 Å². The van der Waals surface area contributed by atoms with Gasteiger partial charge in [0.15, 0.2) is 5.79 Å². The third-order valence-electron chi connectivity index (χ3n) is 6.11. The van der Waals surface area contributed by atoms with Crippen molar-refractivity contribution in [3.8, 4) is 0 Å². The van der Waals surface area contributed by atoms with E-state index in [1.165, 1.54) is 0 Å². The van der Waals surface area contributed by atoms with Crippen molar-refractivity contribution in [1.29, 1.82) is 0 Å². The second-order valence-electron chi connectivity index (χ2n) is 10.2. The lowest BCUT2D eigenvalue weighted by molar-refractivity contribution is -0.148. The van der Waals surface area contributed by atoms with Crippen molar-refractivity contribution in [3.63, 3.8) is 0 Å². The molecule has 0 radical (unpaired) electrons. The van der Waals surface area contributed by atoms with Crippen LogP contribution in [0.3, 0.4) is 0 Å². The van der Waals surface area contributed by atoms with Crippen LogP contribution in [-0.2, 0) is 18.7 Å². The molecule has 2 aromatic carbocycles. The van der Waals surface area contributed by atoms with Crippen LogP contribution in [0.4, 0.5) is 0 Å². The summed E-state index contributed by atoms with van der Waals surface area (Å²) in [5.74, 6) is -0.689. The number of ether oxygens (including phenoxy) is 2. The van der Waals surface area contributed by atoms with Gasteiger partial charge in [0.25, 0.3) is 8.32 Å². The highest BCUT2D eigenvalue weighted by Crippen LogP contribution is 2.38. The third kappa shape index (κ3) is 5.38. The Balaban J connectivity index is 1.97. The SMILES string of the molecule is CC1(C)OC[C@@H](C[C@@](O)(CC=O)CO[Si](c2ccccc2)(c2ccccc2)C(C)(C)C)O1. The molecule has 0 aromatic heterocycles. The lowest BCUT2D eigenvalue weighted by Gasteiger charge is -2.45. The fourth-order valence-electron chi connectivity index (χ4n) is 4.65. The van der Waals surface area contributed by atoms with E-state index in [-0.39, 0.29) is 30.6 Å². The first-order valence-electron chi connectivity index (χ1n) is 11.2. The van der Waals surface area contributed by atoms with Crippen LogP contribution in [0.25, 0.3) is 0 Å². The summed E-state index contributed by atoms with van der Waals surface area (Å²) in [6, 6.07) is 20.5. The van der Waals surface area contributed by atoms with Crippen LogP contribution in [0.5, 0.6) is 0 Å². The Bertz CT molecular complexity index is 839. The monoisotopic (exact) mass is 456 g/mol. The Hall–Kier alpha value is -1.83. The molecule has 1 aliphatic heterocycles. The van der Waals surface area contributed by atoms with E-state index < -0.39 is 19.7 Å². The van der Waals surface area contributed by atoms with Crippen LogP contribution in [0.15, 0.2) is 60.7 Å². The van der Waals surface area contributed by atoms with E-state index in [1.807, 2.05) is 50.2 Å². The molecule has 0 aliphatic carbocycles. The smallest absolute Gasteiger partial charge is 0.261 e.